The van der Waals surface area contributed by atoms with Gasteiger partial charge in [0, 0.05) is 18.7 Å². The maximum atomic E-state index is 13.9. The van der Waals surface area contributed by atoms with Crippen molar-refractivity contribution in [3.63, 3.8) is 0 Å². The largest absolute Gasteiger partial charge is 0.369 e. The molecule has 0 unspecified atom stereocenters. The van der Waals surface area contributed by atoms with Crippen molar-refractivity contribution in [2.24, 2.45) is 0 Å². The fourth-order valence-electron chi connectivity index (χ4n) is 2.00. The molecule has 1 aromatic rings. The average Bonchev–Trinajstić information content (AvgIpc) is 2.28. The lowest BCUT2D eigenvalue weighted by Gasteiger charge is -2.26. The third-order valence-electron chi connectivity index (χ3n) is 2.67. The lowest BCUT2D eigenvalue weighted by Crippen LogP contribution is -2.27. The molecule has 94 valence electrons. The highest BCUT2D eigenvalue weighted by Crippen LogP contribution is 2.25. The van der Waals surface area contributed by atoms with Crippen molar-refractivity contribution >= 4 is 11.5 Å². The number of hydrogen-bond donors (Lipinski definition) is 0. The Morgan fingerprint density at radius 1 is 1.24 bits per heavy atom. The Kier molecular flexibility index (Phi) is 5.13. The van der Waals surface area contributed by atoms with Gasteiger partial charge in [0.25, 0.3) is 0 Å². The lowest BCUT2D eigenvalue weighted by atomic mass is 10.1. The molecule has 2 nitrogen and oxygen atoms in total. The molecule has 0 aromatic heterocycles. The van der Waals surface area contributed by atoms with Crippen LogP contribution in [0, 0.1) is 5.82 Å². The number of Topliss-reactive ketones (excluding diaryl/α,β-unsaturated/α-hetero) is 1. The van der Waals surface area contributed by atoms with Crippen LogP contribution in [0.4, 0.5) is 10.1 Å². The summed E-state index contributed by atoms with van der Waals surface area (Å²) in [6.45, 7) is 7.13. The maximum Gasteiger partial charge on any atom is 0.161 e. The van der Waals surface area contributed by atoms with E-state index in [9.17, 15) is 9.18 Å². The molecule has 1 aromatic carbocycles. The number of ketones is 1. The van der Waals surface area contributed by atoms with E-state index >= 15 is 0 Å². The first kappa shape index (κ1) is 13.7. The molecular formula is C14H20FNO. The van der Waals surface area contributed by atoms with E-state index in [1.807, 2.05) is 4.90 Å². The van der Waals surface area contributed by atoms with E-state index in [1.54, 1.807) is 12.1 Å². The van der Waals surface area contributed by atoms with Gasteiger partial charge in [0.2, 0.25) is 0 Å². The SMILES string of the molecule is CCCN(CCC)c1c(F)cccc1C(C)=O. The van der Waals surface area contributed by atoms with E-state index < -0.39 is 0 Å². The van der Waals surface area contributed by atoms with Crippen LogP contribution < -0.4 is 4.90 Å². The Balaban J connectivity index is 3.19. The first-order valence-corrected chi connectivity index (χ1v) is 6.16. The number of carbonyl (C=O) groups excluding carboxylic acids is 1. The highest BCUT2D eigenvalue weighted by Gasteiger charge is 2.17. The predicted molar refractivity (Wildman–Crippen MR) is 69.2 cm³/mol. The number of hydrogen-bond acceptors (Lipinski definition) is 2. The number of carbonyl (C=O) groups is 1. The summed E-state index contributed by atoms with van der Waals surface area (Å²) in [5, 5.41) is 0. The molecule has 0 radical (unpaired) electrons. The molecule has 0 heterocycles. The van der Waals surface area contributed by atoms with Crippen LogP contribution in [-0.2, 0) is 0 Å². The van der Waals surface area contributed by atoms with Gasteiger partial charge in [-0.05, 0) is 31.9 Å². The molecule has 0 bridgehead atoms. The van der Waals surface area contributed by atoms with E-state index in [0.717, 1.165) is 25.9 Å². The number of para-hydroxylation sites is 1. The molecule has 0 spiro atoms. The number of nitrogens with zero attached hydrogens (tertiary/aromatic N) is 1. The van der Waals surface area contributed by atoms with Gasteiger partial charge in [0.05, 0.1) is 5.69 Å². The number of halogens is 1. The first-order chi connectivity index (χ1) is 8.11. The molecule has 0 fully saturated rings. The zero-order valence-corrected chi connectivity index (χ0v) is 10.8. The van der Waals surface area contributed by atoms with Crippen molar-refractivity contribution in [3.8, 4) is 0 Å². The van der Waals surface area contributed by atoms with Crippen LogP contribution in [0.2, 0.25) is 0 Å². The third kappa shape index (κ3) is 3.29. The summed E-state index contributed by atoms with van der Waals surface area (Å²) in [6.07, 6.45) is 1.87. The van der Waals surface area contributed by atoms with Crippen molar-refractivity contribution in [1.82, 2.24) is 0 Å². The van der Waals surface area contributed by atoms with E-state index in [0.29, 0.717) is 11.3 Å². The van der Waals surface area contributed by atoms with Gasteiger partial charge in [-0.3, -0.25) is 4.79 Å². The quantitative estimate of drug-likeness (QED) is 0.704. The summed E-state index contributed by atoms with van der Waals surface area (Å²) in [4.78, 5) is 13.5. The van der Waals surface area contributed by atoms with Crippen LogP contribution in [-0.4, -0.2) is 18.9 Å². The van der Waals surface area contributed by atoms with Crippen molar-refractivity contribution in [2.45, 2.75) is 33.6 Å². The Morgan fingerprint density at radius 2 is 1.82 bits per heavy atom. The molecule has 0 saturated heterocycles. The van der Waals surface area contributed by atoms with Gasteiger partial charge in [-0.2, -0.15) is 0 Å². The molecule has 0 aliphatic rings. The molecular weight excluding hydrogens is 217 g/mol. The fourth-order valence-corrected chi connectivity index (χ4v) is 2.00. The third-order valence-corrected chi connectivity index (χ3v) is 2.67. The highest BCUT2D eigenvalue weighted by molar-refractivity contribution is 5.99. The van der Waals surface area contributed by atoms with E-state index in [-0.39, 0.29) is 11.6 Å². The van der Waals surface area contributed by atoms with Crippen molar-refractivity contribution in [3.05, 3.63) is 29.6 Å². The van der Waals surface area contributed by atoms with Gasteiger partial charge in [-0.25, -0.2) is 4.39 Å². The van der Waals surface area contributed by atoms with Gasteiger partial charge < -0.3 is 4.90 Å². The second kappa shape index (κ2) is 6.38. The maximum absolute atomic E-state index is 13.9. The average molecular weight is 237 g/mol. The van der Waals surface area contributed by atoms with Gasteiger partial charge in [-0.15, -0.1) is 0 Å². The summed E-state index contributed by atoms with van der Waals surface area (Å²) in [7, 11) is 0. The molecule has 3 heteroatoms. The zero-order valence-electron chi connectivity index (χ0n) is 10.8. The summed E-state index contributed by atoms with van der Waals surface area (Å²) >= 11 is 0. The first-order valence-electron chi connectivity index (χ1n) is 6.16. The molecule has 0 saturated carbocycles. The summed E-state index contributed by atoms with van der Waals surface area (Å²) in [6, 6.07) is 4.70. The topological polar surface area (TPSA) is 20.3 Å². The van der Waals surface area contributed by atoms with Crippen LogP contribution in [0.25, 0.3) is 0 Å². The second-order valence-corrected chi connectivity index (χ2v) is 4.18. The molecule has 0 aliphatic heterocycles. The van der Waals surface area contributed by atoms with Crippen LogP contribution >= 0.6 is 0 Å². The molecule has 0 N–H and O–H groups in total. The van der Waals surface area contributed by atoms with Gasteiger partial charge in [0.15, 0.2) is 5.78 Å². The Hall–Kier alpha value is -1.38. The molecule has 0 aliphatic carbocycles. The smallest absolute Gasteiger partial charge is 0.161 e. The van der Waals surface area contributed by atoms with Gasteiger partial charge in [-0.1, -0.05) is 19.9 Å². The van der Waals surface area contributed by atoms with Crippen molar-refractivity contribution < 1.29 is 9.18 Å². The Labute approximate surface area is 102 Å². The standard InChI is InChI=1S/C14H20FNO/c1-4-9-16(10-5-2)14-12(11(3)17)7-6-8-13(14)15/h6-8H,4-5,9-10H2,1-3H3. The lowest BCUT2D eigenvalue weighted by molar-refractivity contribution is 0.101. The Bertz CT molecular complexity index is 384. The normalized spacial score (nSPS) is 10.4. The minimum atomic E-state index is -0.306. The van der Waals surface area contributed by atoms with Crippen molar-refractivity contribution in [2.75, 3.05) is 18.0 Å². The fraction of sp³-hybridized carbons (Fsp3) is 0.500. The van der Waals surface area contributed by atoms with Crippen LogP contribution in [0.15, 0.2) is 18.2 Å². The molecule has 0 atom stereocenters. The van der Waals surface area contributed by atoms with E-state index in [2.05, 4.69) is 13.8 Å². The summed E-state index contributed by atoms with van der Waals surface area (Å²) in [5.74, 6) is -0.392. The van der Waals surface area contributed by atoms with Gasteiger partial charge >= 0.3 is 0 Å². The minimum absolute atomic E-state index is 0.0864. The second-order valence-electron chi connectivity index (χ2n) is 4.18. The monoisotopic (exact) mass is 237 g/mol. The summed E-state index contributed by atoms with van der Waals surface area (Å²) < 4.78 is 13.9. The number of rotatable bonds is 6. The minimum Gasteiger partial charge on any atom is -0.369 e. The van der Waals surface area contributed by atoms with Gasteiger partial charge in [0.1, 0.15) is 5.82 Å². The molecule has 1 rings (SSSR count). The predicted octanol–water partition coefficient (Wildman–Crippen LogP) is 3.65. The van der Waals surface area contributed by atoms with Crippen LogP contribution in [0.5, 0.6) is 0 Å². The molecule has 17 heavy (non-hydrogen) atoms. The Morgan fingerprint density at radius 3 is 2.29 bits per heavy atom. The summed E-state index contributed by atoms with van der Waals surface area (Å²) in [5.41, 5.74) is 0.940. The van der Waals surface area contributed by atoms with E-state index in [1.165, 1.54) is 13.0 Å². The zero-order chi connectivity index (χ0) is 12.8. The van der Waals surface area contributed by atoms with E-state index in [4.69, 9.17) is 0 Å². The highest BCUT2D eigenvalue weighted by atomic mass is 19.1. The van der Waals surface area contributed by atoms with Crippen LogP contribution in [0.1, 0.15) is 44.0 Å². The van der Waals surface area contributed by atoms with Crippen molar-refractivity contribution in [1.29, 1.82) is 0 Å². The number of anilines is 1. The van der Waals surface area contributed by atoms with Crippen LogP contribution in [0.3, 0.4) is 0 Å². The number of benzene rings is 1. The molecule has 0 amide bonds.